The molecule has 0 bridgehead atoms. The molecule has 11 heteroatoms. The Kier molecular flexibility index (Phi) is 9.71. The zero-order valence-corrected chi connectivity index (χ0v) is 26.6. The molecule has 1 aliphatic carbocycles. The first kappa shape index (κ1) is 31.3. The van der Waals surface area contributed by atoms with Gasteiger partial charge in [-0.2, -0.15) is 4.98 Å². The predicted molar refractivity (Wildman–Crippen MR) is 173 cm³/mol. The van der Waals surface area contributed by atoms with Crippen molar-refractivity contribution in [2.45, 2.75) is 84.8 Å². The minimum absolute atomic E-state index is 0.0452. The van der Waals surface area contributed by atoms with E-state index in [1.54, 1.807) is 23.4 Å². The molecule has 2 fully saturated rings. The quantitative estimate of drug-likeness (QED) is 0.226. The average molecular weight is 604 g/mol. The van der Waals surface area contributed by atoms with Gasteiger partial charge < -0.3 is 24.6 Å². The van der Waals surface area contributed by atoms with Gasteiger partial charge in [0.2, 0.25) is 5.95 Å². The van der Waals surface area contributed by atoms with Crippen LogP contribution in [0.3, 0.4) is 0 Å². The monoisotopic (exact) mass is 603 g/mol. The van der Waals surface area contributed by atoms with Crippen LogP contribution in [-0.2, 0) is 9.47 Å². The molecule has 5 rings (SSSR count). The van der Waals surface area contributed by atoms with Crippen molar-refractivity contribution in [3.63, 3.8) is 0 Å². The Labute approximate surface area is 259 Å². The fraction of sp³-hybridized carbons (Fsp3) is 0.545. The number of pyridine rings is 2. The minimum Gasteiger partial charge on any atom is -0.501 e. The molecule has 2 aliphatic rings. The first-order chi connectivity index (χ1) is 21.1. The molecule has 0 aromatic carbocycles. The van der Waals surface area contributed by atoms with E-state index in [1.807, 2.05) is 50.6 Å². The summed E-state index contributed by atoms with van der Waals surface area (Å²) in [7, 11) is 0. The number of nitrogens with one attached hydrogen (secondary N) is 1. The molecule has 236 valence electrons. The normalized spacial score (nSPS) is 16.2. The molecular formula is C33H45N7O4. The van der Waals surface area contributed by atoms with Gasteiger partial charge in [-0.15, -0.1) is 0 Å². The summed E-state index contributed by atoms with van der Waals surface area (Å²) in [6.45, 7) is 12.9. The summed E-state index contributed by atoms with van der Waals surface area (Å²) in [5.74, 6) is 0.997. The van der Waals surface area contributed by atoms with Crippen molar-refractivity contribution >= 4 is 40.7 Å². The highest BCUT2D eigenvalue weighted by molar-refractivity contribution is 5.83. The second kappa shape index (κ2) is 13.7. The fourth-order valence-corrected chi connectivity index (χ4v) is 5.76. The second-order valence-corrected chi connectivity index (χ2v) is 12.6. The van der Waals surface area contributed by atoms with Gasteiger partial charge in [-0.05, 0) is 70.7 Å². The van der Waals surface area contributed by atoms with Gasteiger partial charge in [0.1, 0.15) is 17.1 Å². The molecule has 3 aromatic heterocycles. The molecule has 4 heterocycles. The Bertz CT molecular complexity index is 1530. The number of anilines is 3. The van der Waals surface area contributed by atoms with Gasteiger partial charge in [0, 0.05) is 49.4 Å². The van der Waals surface area contributed by atoms with Crippen molar-refractivity contribution in [1.82, 2.24) is 24.4 Å². The van der Waals surface area contributed by atoms with Gasteiger partial charge in [0.15, 0.2) is 0 Å². The number of carbonyl (C=O) groups is 1. The summed E-state index contributed by atoms with van der Waals surface area (Å²) in [5, 5.41) is 4.08. The standard InChI is InChI=1S/C33H45N7O4/c1-6-7-19-43-20-14-26-23(2)27-22-35-31(37-29(27)40(30(26)41)24-10-8-9-11-24)36-28-13-12-25(21-34-28)38-15-17-39(18-16-38)32(42)44-33(3,4)5/h12-14,20-22,24H,6-11,15-19H2,1-5H3,(H,34,35,36,37)/b20-14+. The molecule has 44 heavy (non-hydrogen) atoms. The minimum atomic E-state index is -0.508. The number of ether oxygens (including phenoxy) is 2. The average Bonchev–Trinajstić information content (AvgIpc) is 3.53. The molecule has 1 N–H and O–H groups in total. The van der Waals surface area contributed by atoms with Crippen molar-refractivity contribution in [1.29, 1.82) is 0 Å². The molecule has 1 saturated heterocycles. The van der Waals surface area contributed by atoms with E-state index in [2.05, 4.69) is 27.1 Å². The van der Waals surface area contributed by atoms with Crippen molar-refractivity contribution in [3.8, 4) is 0 Å². The Hall–Kier alpha value is -4.15. The Balaban J connectivity index is 1.32. The van der Waals surface area contributed by atoms with Crippen LogP contribution in [0.25, 0.3) is 17.1 Å². The number of nitrogens with zero attached hydrogens (tertiary/aromatic N) is 6. The first-order valence-electron chi connectivity index (χ1n) is 15.8. The van der Waals surface area contributed by atoms with Crippen LogP contribution in [0.4, 0.5) is 22.2 Å². The van der Waals surface area contributed by atoms with E-state index < -0.39 is 5.60 Å². The number of amides is 1. The maximum atomic E-state index is 13.8. The van der Waals surface area contributed by atoms with Crippen molar-refractivity contribution in [3.05, 3.63) is 52.3 Å². The van der Waals surface area contributed by atoms with Gasteiger partial charge in [-0.3, -0.25) is 9.36 Å². The maximum Gasteiger partial charge on any atom is 0.410 e. The van der Waals surface area contributed by atoms with E-state index >= 15 is 0 Å². The number of aryl methyl sites for hydroxylation is 1. The smallest absolute Gasteiger partial charge is 0.410 e. The highest BCUT2D eigenvalue weighted by atomic mass is 16.6. The van der Waals surface area contributed by atoms with Crippen LogP contribution in [0.2, 0.25) is 0 Å². The molecular weight excluding hydrogens is 558 g/mol. The van der Waals surface area contributed by atoms with Gasteiger partial charge in [0.05, 0.1) is 24.8 Å². The molecule has 0 atom stereocenters. The number of rotatable bonds is 9. The van der Waals surface area contributed by atoms with E-state index in [-0.39, 0.29) is 17.7 Å². The van der Waals surface area contributed by atoms with Gasteiger partial charge in [-0.25, -0.2) is 14.8 Å². The predicted octanol–water partition coefficient (Wildman–Crippen LogP) is 6.20. The lowest BCUT2D eigenvalue weighted by Crippen LogP contribution is -2.50. The van der Waals surface area contributed by atoms with Gasteiger partial charge in [-0.1, -0.05) is 26.2 Å². The summed E-state index contributed by atoms with van der Waals surface area (Å²) >= 11 is 0. The SMILES string of the molecule is CCCCO/C=C/c1c(C)c2cnc(Nc3ccc(N4CCN(C(=O)OC(C)(C)C)CC4)cn3)nc2n(C2CCCC2)c1=O. The largest absolute Gasteiger partial charge is 0.501 e. The molecule has 1 saturated carbocycles. The molecule has 0 spiro atoms. The van der Waals surface area contributed by atoms with Crippen LogP contribution in [0.5, 0.6) is 0 Å². The number of unbranched alkanes of at least 4 members (excludes halogenated alkanes) is 1. The van der Waals surface area contributed by atoms with Crippen molar-refractivity contribution < 1.29 is 14.3 Å². The Morgan fingerprint density at radius 1 is 1.09 bits per heavy atom. The zero-order chi connectivity index (χ0) is 31.3. The van der Waals surface area contributed by atoms with Crippen molar-refractivity contribution in [2.24, 2.45) is 0 Å². The van der Waals surface area contributed by atoms with E-state index in [0.29, 0.717) is 55.8 Å². The van der Waals surface area contributed by atoms with Gasteiger partial charge in [0.25, 0.3) is 5.56 Å². The van der Waals surface area contributed by atoms with E-state index in [1.165, 1.54) is 0 Å². The maximum absolute atomic E-state index is 13.8. The number of hydrogen-bond donors (Lipinski definition) is 1. The summed E-state index contributed by atoms with van der Waals surface area (Å²) in [5.41, 5.74) is 2.52. The Morgan fingerprint density at radius 2 is 1.84 bits per heavy atom. The molecule has 11 nitrogen and oxygen atoms in total. The molecule has 0 unspecified atom stereocenters. The third kappa shape index (κ3) is 7.31. The van der Waals surface area contributed by atoms with Crippen LogP contribution in [-0.4, -0.2) is 68.9 Å². The van der Waals surface area contributed by atoms with Crippen molar-refractivity contribution in [2.75, 3.05) is 43.0 Å². The number of fused-ring (bicyclic) bond motifs is 1. The number of piperazine rings is 1. The van der Waals surface area contributed by atoms with E-state index in [0.717, 1.165) is 55.2 Å². The first-order valence-corrected chi connectivity index (χ1v) is 15.8. The molecule has 3 aromatic rings. The van der Waals surface area contributed by atoms with E-state index in [9.17, 15) is 9.59 Å². The molecule has 1 amide bonds. The summed E-state index contributed by atoms with van der Waals surface area (Å²) in [4.78, 5) is 44.2. The van der Waals surface area contributed by atoms with Crippen LogP contribution < -0.4 is 15.8 Å². The Morgan fingerprint density at radius 3 is 2.50 bits per heavy atom. The topological polar surface area (TPSA) is 115 Å². The fourth-order valence-electron chi connectivity index (χ4n) is 5.76. The highest BCUT2D eigenvalue weighted by Crippen LogP contribution is 2.32. The van der Waals surface area contributed by atoms with Gasteiger partial charge >= 0.3 is 6.09 Å². The van der Waals surface area contributed by atoms with Crippen LogP contribution in [0, 0.1) is 6.92 Å². The summed E-state index contributed by atoms with van der Waals surface area (Å²) in [6, 6.07) is 4.00. The lowest BCUT2D eigenvalue weighted by atomic mass is 10.1. The highest BCUT2D eigenvalue weighted by Gasteiger charge is 2.27. The summed E-state index contributed by atoms with van der Waals surface area (Å²) < 4.78 is 13.0. The molecule has 1 aliphatic heterocycles. The second-order valence-electron chi connectivity index (χ2n) is 12.6. The van der Waals surface area contributed by atoms with Crippen LogP contribution >= 0.6 is 0 Å². The molecule has 0 radical (unpaired) electrons. The van der Waals surface area contributed by atoms with Crippen LogP contribution in [0.15, 0.2) is 35.6 Å². The number of carbonyl (C=O) groups excluding carboxylic acids is 1. The lowest BCUT2D eigenvalue weighted by Gasteiger charge is -2.36. The summed E-state index contributed by atoms with van der Waals surface area (Å²) in [6.07, 6.45) is 12.9. The third-order valence-corrected chi connectivity index (χ3v) is 8.17. The lowest BCUT2D eigenvalue weighted by molar-refractivity contribution is 0.0240. The van der Waals surface area contributed by atoms with Crippen LogP contribution in [0.1, 0.15) is 83.4 Å². The number of aromatic nitrogens is 4. The zero-order valence-electron chi connectivity index (χ0n) is 26.6. The van der Waals surface area contributed by atoms with E-state index in [4.69, 9.17) is 14.5 Å². The third-order valence-electron chi connectivity index (χ3n) is 8.17. The number of hydrogen-bond acceptors (Lipinski definition) is 9.